The monoisotopic (exact) mass is 171 g/mol. The largest absolute Gasteiger partial charge is 0.330 e. The van der Waals surface area contributed by atoms with Crippen molar-refractivity contribution < 1.29 is 8.78 Å². The lowest BCUT2D eigenvalue weighted by molar-refractivity contribution is 0.00540. The molecule has 1 nitrogen and oxygen atoms in total. The van der Waals surface area contributed by atoms with Crippen molar-refractivity contribution in [3.8, 4) is 0 Å². The zero-order chi connectivity index (χ0) is 6.91. The predicted molar refractivity (Wildman–Crippen MR) is 38.6 cm³/mol. The number of alkyl halides is 2. The van der Waals surface area contributed by atoms with Gasteiger partial charge >= 0.3 is 0 Å². The molecule has 1 aliphatic rings. The van der Waals surface area contributed by atoms with E-state index in [1.807, 2.05) is 0 Å². The van der Waals surface area contributed by atoms with Crippen LogP contribution in [0.5, 0.6) is 0 Å². The Morgan fingerprint density at radius 2 is 2.10 bits per heavy atom. The Morgan fingerprint density at radius 1 is 1.50 bits per heavy atom. The molecule has 2 N–H and O–H groups in total. The summed E-state index contributed by atoms with van der Waals surface area (Å²) in [5.41, 5.74) is 5.22. The van der Waals surface area contributed by atoms with Gasteiger partial charge in [-0.15, -0.1) is 12.4 Å². The zero-order valence-corrected chi connectivity index (χ0v) is 6.46. The third kappa shape index (κ3) is 2.39. The lowest BCUT2D eigenvalue weighted by Gasteiger charge is -2.06. The summed E-state index contributed by atoms with van der Waals surface area (Å²) in [6.45, 7) is 0.412. The van der Waals surface area contributed by atoms with Crippen LogP contribution in [-0.4, -0.2) is 12.5 Å². The second kappa shape index (κ2) is 3.49. The first-order chi connectivity index (χ1) is 4.14. The van der Waals surface area contributed by atoms with E-state index in [0.717, 1.165) is 0 Å². The van der Waals surface area contributed by atoms with Gasteiger partial charge in [-0.1, -0.05) is 0 Å². The normalized spacial score (nSPS) is 29.7. The van der Waals surface area contributed by atoms with Crippen molar-refractivity contribution >= 4 is 12.4 Å². The highest BCUT2D eigenvalue weighted by Gasteiger charge is 2.38. The maximum Gasteiger partial charge on any atom is 0.248 e. The van der Waals surface area contributed by atoms with Crippen molar-refractivity contribution in [1.29, 1.82) is 0 Å². The van der Waals surface area contributed by atoms with Gasteiger partial charge in [-0.25, -0.2) is 8.78 Å². The van der Waals surface area contributed by atoms with Gasteiger partial charge in [0.15, 0.2) is 0 Å². The fourth-order valence-electron chi connectivity index (χ4n) is 1.24. The molecule has 1 saturated carbocycles. The van der Waals surface area contributed by atoms with Crippen molar-refractivity contribution in [3.05, 3.63) is 0 Å². The lowest BCUT2D eigenvalue weighted by atomic mass is 10.1. The average molecular weight is 172 g/mol. The van der Waals surface area contributed by atoms with Gasteiger partial charge in [0.05, 0.1) is 0 Å². The minimum Gasteiger partial charge on any atom is -0.330 e. The van der Waals surface area contributed by atoms with Crippen LogP contribution in [0.1, 0.15) is 19.3 Å². The van der Waals surface area contributed by atoms with E-state index in [4.69, 9.17) is 5.73 Å². The second-order valence-corrected chi connectivity index (χ2v) is 2.70. The van der Waals surface area contributed by atoms with E-state index in [2.05, 4.69) is 0 Å². The summed E-state index contributed by atoms with van der Waals surface area (Å²) in [6, 6.07) is 0. The van der Waals surface area contributed by atoms with Crippen LogP contribution >= 0.6 is 12.4 Å². The first kappa shape index (κ1) is 10.1. The van der Waals surface area contributed by atoms with Crippen molar-refractivity contribution in [2.75, 3.05) is 6.54 Å². The van der Waals surface area contributed by atoms with Gasteiger partial charge in [0, 0.05) is 12.8 Å². The van der Waals surface area contributed by atoms with Gasteiger partial charge in [-0.3, -0.25) is 0 Å². The minimum absolute atomic E-state index is 0. The highest BCUT2D eigenvalue weighted by Crippen LogP contribution is 2.37. The standard InChI is InChI=1S/C6H11F2N.ClH/c7-6(8)2-1-5(3-6)4-9;/h5H,1-4,9H2;1H/t5-;/m0./s1. The Kier molecular flexibility index (Phi) is 3.52. The summed E-state index contributed by atoms with van der Waals surface area (Å²) in [5.74, 6) is -2.34. The quantitative estimate of drug-likeness (QED) is 0.640. The van der Waals surface area contributed by atoms with Gasteiger partial charge in [0.1, 0.15) is 0 Å². The summed E-state index contributed by atoms with van der Waals surface area (Å²) < 4.78 is 24.7. The fraction of sp³-hybridized carbons (Fsp3) is 1.00. The maximum absolute atomic E-state index is 12.3. The number of halogens is 3. The molecule has 0 aromatic carbocycles. The molecule has 1 atom stereocenters. The molecule has 10 heavy (non-hydrogen) atoms. The number of hydrogen-bond donors (Lipinski definition) is 1. The van der Waals surface area contributed by atoms with Crippen LogP contribution in [0.4, 0.5) is 8.78 Å². The van der Waals surface area contributed by atoms with Gasteiger partial charge in [0.2, 0.25) is 5.92 Å². The molecule has 0 aliphatic heterocycles. The minimum atomic E-state index is -2.41. The van der Waals surface area contributed by atoms with Crippen LogP contribution in [-0.2, 0) is 0 Å². The molecule has 4 heteroatoms. The SMILES string of the molecule is Cl.NC[C@H]1CCC(F)(F)C1. The molecule has 0 heterocycles. The first-order valence-electron chi connectivity index (χ1n) is 3.22. The van der Waals surface area contributed by atoms with Crippen LogP contribution in [0.15, 0.2) is 0 Å². The molecule has 0 unspecified atom stereocenters. The van der Waals surface area contributed by atoms with E-state index in [0.29, 0.717) is 13.0 Å². The smallest absolute Gasteiger partial charge is 0.248 e. The summed E-state index contributed by atoms with van der Waals surface area (Å²) in [6.07, 6.45) is 0.641. The van der Waals surface area contributed by atoms with Crippen LogP contribution in [0.2, 0.25) is 0 Å². The number of nitrogens with two attached hydrogens (primary N) is 1. The average Bonchev–Trinajstić information content (AvgIpc) is 2.10. The molecule has 1 fully saturated rings. The third-order valence-corrected chi connectivity index (χ3v) is 1.84. The van der Waals surface area contributed by atoms with E-state index in [1.165, 1.54) is 0 Å². The van der Waals surface area contributed by atoms with Crippen LogP contribution in [0, 0.1) is 5.92 Å². The molecular formula is C6H12ClF2N. The molecule has 62 valence electrons. The maximum atomic E-state index is 12.3. The van der Waals surface area contributed by atoms with E-state index in [9.17, 15) is 8.78 Å². The van der Waals surface area contributed by atoms with E-state index >= 15 is 0 Å². The highest BCUT2D eigenvalue weighted by molar-refractivity contribution is 5.85. The molecule has 0 aromatic rings. The Morgan fingerprint density at radius 3 is 2.30 bits per heavy atom. The second-order valence-electron chi connectivity index (χ2n) is 2.70. The van der Waals surface area contributed by atoms with Crippen molar-refractivity contribution in [2.45, 2.75) is 25.2 Å². The van der Waals surface area contributed by atoms with Crippen LogP contribution in [0.3, 0.4) is 0 Å². The first-order valence-corrected chi connectivity index (χ1v) is 3.22. The highest BCUT2D eigenvalue weighted by atomic mass is 35.5. The van der Waals surface area contributed by atoms with E-state index in [-0.39, 0.29) is 31.2 Å². The molecule has 1 aliphatic carbocycles. The van der Waals surface area contributed by atoms with Crippen molar-refractivity contribution in [1.82, 2.24) is 0 Å². The molecular weight excluding hydrogens is 160 g/mol. The zero-order valence-electron chi connectivity index (χ0n) is 5.65. The van der Waals surface area contributed by atoms with E-state index in [1.54, 1.807) is 0 Å². The Balaban J connectivity index is 0.000000810. The topological polar surface area (TPSA) is 26.0 Å². The third-order valence-electron chi connectivity index (χ3n) is 1.84. The lowest BCUT2D eigenvalue weighted by Crippen LogP contribution is -2.14. The molecule has 0 aromatic heterocycles. The summed E-state index contributed by atoms with van der Waals surface area (Å²) in [7, 11) is 0. The number of hydrogen-bond acceptors (Lipinski definition) is 1. The molecule has 0 saturated heterocycles. The van der Waals surface area contributed by atoms with Crippen LogP contribution < -0.4 is 5.73 Å². The molecule has 1 rings (SSSR count). The molecule has 0 spiro atoms. The Hall–Kier alpha value is 0.110. The van der Waals surface area contributed by atoms with Gasteiger partial charge < -0.3 is 5.73 Å². The summed E-state index contributed by atoms with van der Waals surface area (Å²) in [5, 5.41) is 0. The van der Waals surface area contributed by atoms with Crippen molar-refractivity contribution in [3.63, 3.8) is 0 Å². The summed E-state index contributed by atoms with van der Waals surface area (Å²) in [4.78, 5) is 0. The fourth-order valence-corrected chi connectivity index (χ4v) is 1.24. The molecule has 0 radical (unpaired) electrons. The number of rotatable bonds is 1. The molecule has 0 amide bonds. The molecule has 0 bridgehead atoms. The van der Waals surface area contributed by atoms with Crippen molar-refractivity contribution in [2.24, 2.45) is 11.7 Å². The van der Waals surface area contributed by atoms with Crippen LogP contribution in [0.25, 0.3) is 0 Å². The van der Waals surface area contributed by atoms with Gasteiger partial charge in [-0.05, 0) is 18.9 Å². The Bertz CT molecular complexity index is 108. The Labute approximate surface area is 65.4 Å². The van der Waals surface area contributed by atoms with E-state index < -0.39 is 5.92 Å². The van der Waals surface area contributed by atoms with Gasteiger partial charge in [0.25, 0.3) is 0 Å². The predicted octanol–water partition coefficient (Wildman–Crippen LogP) is 1.80. The summed E-state index contributed by atoms with van der Waals surface area (Å²) >= 11 is 0. The van der Waals surface area contributed by atoms with Gasteiger partial charge in [-0.2, -0.15) is 0 Å².